The van der Waals surface area contributed by atoms with E-state index in [9.17, 15) is 9.59 Å². The summed E-state index contributed by atoms with van der Waals surface area (Å²) < 4.78 is 10.7. The van der Waals surface area contributed by atoms with Crippen molar-refractivity contribution in [1.82, 2.24) is 10.2 Å². The van der Waals surface area contributed by atoms with E-state index in [1.165, 1.54) is 6.92 Å². The summed E-state index contributed by atoms with van der Waals surface area (Å²) >= 11 is 5.99. The minimum Gasteiger partial charge on any atom is -0.454 e. The van der Waals surface area contributed by atoms with Crippen molar-refractivity contribution < 1.29 is 19.1 Å². The molecule has 1 heterocycles. The largest absolute Gasteiger partial charge is 0.454 e. The highest BCUT2D eigenvalue weighted by Gasteiger charge is 2.29. The van der Waals surface area contributed by atoms with Crippen LogP contribution in [-0.2, 0) is 22.7 Å². The van der Waals surface area contributed by atoms with E-state index in [0.29, 0.717) is 23.1 Å². The van der Waals surface area contributed by atoms with Gasteiger partial charge in [0.05, 0.1) is 0 Å². The van der Waals surface area contributed by atoms with Crippen LogP contribution < -0.4 is 14.8 Å². The molecule has 0 aliphatic carbocycles. The van der Waals surface area contributed by atoms with Crippen molar-refractivity contribution in [2.45, 2.75) is 26.1 Å². The first-order valence-electron chi connectivity index (χ1n) is 10.2. The summed E-state index contributed by atoms with van der Waals surface area (Å²) in [6, 6.07) is 21.3. The number of carbonyl (C=O) groups is 2. The molecule has 1 N–H and O–H groups in total. The molecule has 0 unspecified atom stereocenters. The maximum absolute atomic E-state index is 13.4. The van der Waals surface area contributed by atoms with Crippen molar-refractivity contribution in [3.8, 4) is 11.5 Å². The minimum atomic E-state index is -0.779. The third-order valence-corrected chi connectivity index (χ3v) is 5.50. The van der Waals surface area contributed by atoms with Gasteiger partial charge in [-0.25, -0.2) is 0 Å². The lowest BCUT2D eigenvalue weighted by Crippen LogP contribution is -2.42. The molecule has 3 aromatic carbocycles. The van der Waals surface area contributed by atoms with Crippen molar-refractivity contribution in [2.75, 3.05) is 6.79 Å². The lowest BCUT2D eigenvalue weighted by Gasteiger charge is -2.30. The Morgan fingerprint density at radius 2 is 1.66 bits per heavy atom. The second kappa shape index (κ2) is 9.75. The number of hydrogen-bond donors (Lipinski definition) is 1. The van der Waals surface area contributed by atoms with Crippen LogP contribution in [0.2, 0.25) is 5.02 Å². The fraction of sp³-hybridized carbons (Fsp3) is 0.200. The standard InChI is InChI=1S/C25H23ClN2O4/c1-17(29)28(15-18-7-10-21(26)11-8-18)24(20-5-3-2-4-6-20)25(30)27-14-19-9-12-22-23(13-19)32-16-31-22/h2-13,24H,14-16H2,1H3,(H,27,30)/t24-/m0/s1. The topological polar surface area (TPSA) is 67.9 Å². The highest BCUT2D eigenvalue weighted by atomic mass is 35.5. The van der Waals surface area contributed by atoms with Crippen molar-refractivity contribution in [1.29, 1.82) is 0 Å². The number of carbonyl (C=O) groups excluding carboxylic acids is 2. The molecule has 164 valence electrons. The lowest BCUT2D eigenvalue weighted by atomic mass is 10.0. The molecule has 32 heavy (non-hydrogen) atoms. The number of benzene rings is 3. The van der Waals surface area contributed by atoms with Crippen LogP contribution in [0.4, 0.5) is 0 Å². The number of rotatable bonds is 7. The van der Waals surface area contributed by atoms with E-state index < -0.39 is 6.04 Å². The van der Waals surface area contributed by atoms with Crippen LogP contribution in [0.25, 0.3) is 0 Å². The molecule has 0 spiro atoms. The number of halogens is 1. The van der Waals surface area contributed by atoms with Gasteiger partial charge < -0.3 is 19.7 Å². The number of hydrogen-bond acceptors (Lipinski definition) is 4. The van der Waals surface area contributed by atoms with Gasteiger partial charge in [0.25, 0.3) is 0 Å². The molecule has 4 rings (SSSR count). The lowest BCUT2D eigenvalue weighted by molar-refractivity contribution is -0.140. The molecular formula is C25H23ClN2O4. The van der Waals surface area contributed by atoms with Gasteiger partial charge in [-0.05, 0) is 41.0 Å². The van der Waals surface area contributed by atoms with E-state index in [0.717, 1.165) is 16.7 Å². The van der Waals surface area contributed by atoms with Gasteiger partial charge in [0, 0.05) is 25.0 Å². The number of nitrogens with one attached hydrogen (secondary N) is 1. The first-order chi connectivity index (χ1) is 15.5. The molecule has 0 saturated heterocycles. The Bertz CT molecular complexity index is 1100. The highest BCUT2D eigenvalue weighted by molar-refractivity contribution is 6.30. The summed E-state index contributed by atoms with van der Waals surface area (Å²) in [6.07, 6.45) is 0. The average molecular weight is 451 g/mol. The van der Waals surface area contributed by atoms with E-state index in [-0.39, 0.29) is 25.2 Å². The first-order valence-corrected chi connectivity index (χ1v) is 10.6. The Morgan fingerprint density at radius 1 is 0.969 bits per heavy atom. The third kappa shape index (κ3) is 5.03. The maximum Gasteiger partial charge on any atom is 0.247 e. The van der Waals surface area contributed by atoms with E-state index in [4.69, 9.17) is 21.1 Å². The number of nitrogens with zero attached hydrogens (tertiary/aromatic N) is 1. The summed E-state index contributed by atoms with van der Waals surface area (Å²) in [5.41, 5.74) is 2.50. The number of ether oxygens (including phenoxy) is 2. The second-order valence-electron chi connectivity index (χ2n) is 7.49. The quantitative estimate of drug-likeness (QED) is 0.576. The van der Waals surface area contributed by atoms with Crippen molar-refractivity contribution >= 4 is 23.4 Å². The zero-order chi connectivity index (χ0) is 22.5. The Labute approximate surface area is 191 Å². The highest BCUT2D eigenvalue weighted by Crippen LogP contribution is 2.32. The predicted octanol–water partition coefficient (Wildman–Crippen LogP) is 4.47. The van der Waals surface area contributed by atoms with Gasteiger partial charge in [-0.15, -0.1) is 0 Å². The first kappa shape index (κ1) is 21.7. The average Bonchev–Trinajstić information content (AvgIpc) is 3.27. The van der Waals surface area contributed by atoms with Crippen LogP contribution in [0.5, 0.6) is 11.5 Å². The van der Waals surface area contributed by atoms with Crippen LogP contribution in [0.15, 0.2) is 72.8 Å². The Hall–Kier alpha value is -3.51. The van der Waals surface area contributed by atoms with Crippen molar-refractivity contribution in [3.63, 3.8) is 0 Å². The van der Waals surface area contributed by atoms with Crippen LogP contribution >= 0.6 is 11.6 Å². The maximum atomic E-state index is 13.4. The molecule has 0 saturated carbocycles. The zero-order valence-corrected chi connectivity index (χ0v) is 18.3. The van der Waals surface area contributed by atoms with E-state index >= 15 is 0 Å². The summed E-state index contributed by atoms with van der Waals surface area (Å²) in [7, 11) is 0. The number of amides is 2. The molecule has 1 aliphatic heterocycles. The normalized spacial score (nSPS) is 12.8. The van der Waals surface area contributed by atoms with Gasteiger partial charge in [0.15, 0.2) is 11.5 Å². The summed E-state index contributed by atoms with van der Waals surface area (Å²) in [4.78, 5) is 27.5. The van der Waals surface area contributed by atoms with Crippen LogP contribution in [0.1, 0.15) is 29.7 Å². The molecule has 0 fully saturated rings. The smallest absolute Gasteiger partial charge is 0.247 e. The van der Waals surface area contributed by atoms with E-state index in [2.05, 4.69) is 5.32 Å². The van der Waals surface area contributed by atoms with Gasteiger partial charge in [0.2, 0.25) is 18.6 Å². The van der Waals surface area contributed by atoms with Crippen LogP contribution in [-0.4, -0.2) is 23.5 Å². The van der Waals surface area contributed by atoms with E-state index in [1.807, 2.05) is 60.7 Å². The molecule has 7 heteroatoms. The molecule has 1 aliphatic rings. The molecule has 6 nitrogen and oxygen atoms in total. The van der Waals surface area contributed by atoms with Gasteiger partial charge in [-0.2, -0.15) is 0 Å². The second-order valence-corrected chi connectivity index (χ2v) is 7.93. The van der Waals surface area contributed by atoms with Gasteiger partial charge >= 0.3 is 0 Å². The Morgan fingerprint density at radius 3 is 2.38 bits per heavy atom. The minimum absolute atomic E-state index is 0.194. The van der Waals surface area contributed by atoms with Crippen molar-refractivity contribution in [2.24, 2.45) is 0 Å². The van der Waals surface area contributed by atoms with Crippen molar-refractivity contribution in [3.05, 3.63) is 94.5 Å². The monoisotopic (exact) mass is 450 g/mol. The molecule has 1 atom stereocenters. The SMILES string of the molecule is CC(=O)N(Cc1ccc(Cl)cc1)[C@H](C(=O)NCc1ccc2c(c1)OCO2)c1ccccc1. The molecule has 2 amide bonds. The summed E-state index contributed by atoms with van der Waals surface area (Å²) in [5.74, 6) is 0.877. The van der Waals surface area contributed by atoms with Crippen LogP contribution in [0.3, 0.4) is 0 Å². The van der Waals surface area contributed by atoms with E-state index in [1.54, 1.807) is 17.0 Å². The Balaban J connectivity index is 1.56. The fourth-order valence-corrected chi connectivity index (χ4v) is 3.74. The number of fused-ring (bicyclic) bond motifs is 1. The predicted molar refractivity (Wildman–Crippen MR) is 121 cm³/mol. The van der Waals surface area contributed by atoms with Crippen LogP contribution in [0, 0.1) is 0 Å². The van der Waals surface area contributed by atoms with Gasteiger partial charge in [-0.3, -0.25) is 9.59 Å². The zero-order valence-electron chi connectivity index (χ0n) is 17.6. The van der Waals surface area contributed by atoms with Gasteiger partial charge in [-0.1, -0.05) is 60.1 Å². The summed E-state index contributed by atoms with van der Waals surface area (Å²) in [5, 5.41) is 3.58. The molecule has 0 radical (unpaired) electrons. The molecular weight excluding hydrogens is 428 g/mol. The Kier molecular flexibility index (Phi) is 6.61. The molecule has 3 aromatic rings. The van der Waals surface area contributed by atoms with Gasteiger partial charge in [0.1, 0.15) is 6.04 Å². The third-order valence-electron chi connectivity index (χ3n) is 5.25. The molecule has 0 bridgehead atoms. The molecule has 0 aromatic heterocycles. The fourth-order valence-electron chi connectivity index (χ4n) is 3.62. The summed E-state index contributed by atoms with van der Waals surface area (Å²) in [6.45, 7) is 2.24.